The topological polar surface area (TPSA) is 65.2 Å². The molecule has 0 spiro atoms. The van der Waals surface area contributed by atoms with Crippen LogP contribution in [0, 0.1) is 0 Å². The Labute approximate surface area is 175 Å². The summed E-state index contributed by atoms with van der Waals surface area (Å²) in [6, 6.07) is 29.9. The Bertz CT molecular complexity index is 1100. The third-order valence-corrected chi connectivity index (χ3v) is 4.59. The predicted octanol–water partition coefficient (Wildman–Crippen LogP) is 6.27. The lowest BCUT2D eigenvalue weighted by atomic mass is 10.0. The average molecular weight is 392 g/mol. The molecule has 2 N–H and O–H groups in total. The standard InChI is InChI=1S/C26H20N2O2/c29-25-15-21(11-13-23(25)27-17-19-7-3-1-4-8-19)22-12-14-24(26(30)16-22)28-18-20-9-5-2-6-10-20/h1-18,29-30H. The van der Waals surface area contributed by atoms with E-state index in [9.17, 15) is 10.2 Å². The minimum Gasteiger partial charge on any atom is -0.506 e. The van der Waals surface area contributed by atoms with Gasteiger partial charge in [0.25, 0.3) is 0 Å². The molecule has 4 nitrogen and oxygen atoms in total. The number of rotatable bonds is 5. The Hall–Kier alpha value is -4.18. The monoisotopic (exact) mass is 392 g/mol. The van der Waals surface area contributed by atoms with Gasteiger partial charge in [0.1, 0.15) is 22.9 Å². The van der Waals surface area contributed by atoms with E-state index in [2.05, 4.69) is 9.98 Å². The van der Waals surface area contributed by atoms with E-state index in [4.69, 9.17) is 0 Å². The summed E-state index contributed by atoms with van der Waals surface area (Å²) >= 11 is 0. The number of phenolic OH excluding ortho intramolecular Hbond substituents is 2. The van der Waals surface area contributed by atoms with Crippen molar-refractivity contribution in [3.05, 3.63) is 108 Å². The number of aliphatic imine (C=N–C) groups is 2. The first kappa shape index (κ1) is 19.2. The van der Waals surface area contributed by atoms with Crippen molar-refractivity contribution in [3.8, 4) is 22.6 Å². The average Bonchev–Trinajstić information content (AvgIpc) is 2.79. The molecule has 0 saturated heterocycles. The van der Waals surface area contributed by atoms with Crippen molar-refractivity contribution >= 4 is 23.8 Å². The molecule has 0 aromatic heterocycles. The second-order valence-corrected chi connectivity index (χ2v) is 6.74. The van der Waals surface area contributed by atoms with Crippen LogP contribution < -0.4 is 0 Å². The summed E-state index contributed by atoms with van der Waals surface area (Å²) < 4.78 is 0. The van der Waals surface area contributed by atoms with Gasteiger partial charge in [0.2, 0.25) is 0 Å². The number of benzene rings is 4. The number of hydrogen-bond donors (Lipinski definition) is 2. The number of phenols is 2. The highest BCUT2D eigenvalue weighted by Gasteiger charge is 2.07. The van der Waals surface area contributed by atoms with Crippen molar-refractivity contribution in [1.82, 2.24) is 0 Å². The van der Waals surface area contributed by atoms with E-state index in [0.29, 0.717) is 11.4 Å². The van der Waals surface area contributed by atoms with Crippen molar-refractivity contribution in [2.45, 2.75) is 0 Å². The molecule has 4 rings (SSSR count). The third kappa shape index (κ3) is 4.62. The van der Waals surface area contributed by atoms with E-state index in [1.54, 1.807) is 36.7 Å². The molecule has 146 valence electrons. The van der Waals surface area contributed by atoms with Crippen molar-refractivity contribution in [1.29, 1.82) is 0 Å². The number of aromatic hydroxyl groups is 2. The molecule has 0 radical (unpaired) electrons. The molecule has 4 aromatic rings. The maximum atomic E-state index is 10.4. The molecule has 0 heterocycles. The molecule has 0 bridgehead atoms. The van der Waals surface area contributed by atoms with E-state index in [0.717, 1.165) is 22.3 Å². The zero-order valence-corrected chi connectivity index (χ0v) is 16.2. The second-order valence-electron chi connectivity index (χ2n) is 6.74. The van der Waals surface area contributed by atoms with Gasteiger partial charge in [-0.25, -0.2) is 0 Å². The van der Waals surface area contributed by atoms with Crippen molar-refractivity contribution in [2.24, 2.45) is 9.98 Å². The molecule has 4 heteroatoms. The van der Waals surface area contributed by atoms with Crippen LogP contribution in [0.3, 0.4) is 0 Å². The fourth-order valence-electron chi connectivity index (χ4n) is 2.99. The Morgan fingerprint density at radius 2 is 0.900 bits per heavy atom. The van der Waals surface area contributed by atoms with Crippen LogP contribution in [0.25, 0.3) is 11.1 Å². The maximum Gasteiger partial charge on any atom is 0.141 e. The van der Waals surface area contributed by atoms with E-state index in [1.165, 1.54) is 0 Å². The largest absolute Gasteiger partial charge is 0.506 e. The van der Waals surface area contributed by atoms with Crippen LogP contribution in [0.4, 0.5) is 11.4 Å². The Kier molecular flexibility index (Phi) is 5.67. The number of nitrogens with zero attached hydrogens (tertiary/aromatic N) is 2. The molecule has 0 aliphatic heterocycles. The molecule has 0 atom stereocenters. The van der Waals surface area contributed by atoms with Gasteiger partial charge in [0, 0.05) is 12.4 Å². The van der Waals surface area contributed by atoms with Gasteiger partial charge in [-0.3, -0.25) is 9.98 Å². The minimum absolute atomic E-state index is 0.0744. The minimum atomic E-state index is 0.0744. The van der Waals surface area contributed by atoms with Crippen LogP contribution in [0.2, 0.25) is 0 Å². The summed E-state index contributed by atoms with van der Waals surface area (Å²) in [5, 5.41) is 20.7. The highest BCUT2D eigenvalue weighted by Crippen LogP contribution is 2.35. The van der Waals surface area contributed by atoms with Crippen LogP contribution in [-0.2, 0) is 0 Å². The smallest absolute Gasteiger partial charge is 0.141 e. The Morgan fingerprint density at radius 3 is 1.27 bits per heavy atom. The lowest BCUT2D eigenvalue weighted by Crippen LogP contribution is -1.82. The van der Waals surface area contributed by atoms with E-state index in [-0.39, 0.29) is 11.5 Å². The zero-order valence-electron chi connectivity index (χ0n) is 16.2. The fraction of sp³-hybridized carbons (Fsp3) is 0. The van der Waals surface area contributed by atoms with Crippen LogP contribution in [-0.4, -0.2) is 22.6 Å². The zero-order chi connectivity index (χ0) is 20.8. The first-order chi connectivity index (χ1) is 14.7. The lowest BCUT2D eigenvalue weighted by Gasteiger charge is -2.07. The summed E-state index contributed by atoms with van der Waals surface area (Å²) in [7, 11) is 0. The third-order valence-electron chi connectivity index (χ3n) is 4.59. The van der Waals surface area contributed by atoms with E-state index < -0.39 is 0 Å². The summed E-state index contributed by atoms with van der Waals surface area (Å²) in [6.07, 6.45) is 3.42. The molecular weight excluding hydrogens is 372 g/mol. The van der Waals surface area contributed by atoms with Gasteiger partial charge in [-0.1, -0.05) is 72.8 Å². The first-order valence-electron chi connectivity index (χ1n) is 9.54. The lowest BCUT2D eigenvalue weighted by molar-refractivity contribution is 0.476. The molecule has 30 heavy (non-hydrogen) atoms. The molecule has 0 saturated carbocycles. The predicted molar refractivity (Wildman–Crippen MR) is 123 cm³/mol. The highest BCUT2D eigenvalue weighted by molar-refractivity contribution is 5.84. The fourth-order valence-corrected chi connectivity index (χ4v) is 2.99. The SMILES string of the molecule is Oc1cc(-c2ccc(N=Cc3ccccc3)c(O)c2)ccc1N=Cc1ccccc1. The Morgan fingerprint density at radius 1 is 0.500 bits per heavy atom. The summed E-state index contributed by atoms with van der Waals surface area (Å²) in [6.45, 7) is 0. The molecular formula is C26H20N2O2. The van der Waals surface area contributed by atoms with Crippen LogP contribution >= 0.6 is 0 Å². The van der Waals surface area contributed by atoms with Gasteiger partial charge in [-0.15, -0.1) is 0 Å². The molecule has 0 amide bonds. The van der Waals surface area contributed by atoms with Gasteiger partial charge in [-0.05, 0) is 46.5 Å². The van der Waals surface area contributed by atoms with E-state index in [1.807, 2.05) is 72.8 Å². The van der Waals surface area contributed by atoms with Crippen molar-refractivity contribution in [2.75, 3.05) is 0 Å². The second kappa shape index (κ2) is 8.88. The molecule has 0 fully saturated rings. The normalized spacial score (nSPS) is 11.3. The molecule has 0 aliphatic rings. The van der Waals surface area contributed by atoms with Crippen molar-refractivity contribution in [3.63, 3.8) is 0 Å². The molecule has 0 aliphatic carbocycles. The van der Waals surface area contributed by atoms with Crippen LogP contribution in [0.15, 0.2) is 107 Å². The molecule has 0 unspecified atom stereocenters. The summed E-state index contributed by atoms with van der Waals surface area (Å²) in [5.41, 5.74) is 4.43. The van der Waals surface area contributed by atoms with Crippen LogP contribution in [0.1, 0.15) is 11.1 Å². The number of hydrogen-bond acceptors (Lipinski definition) is 4. The summed E-state index contributed by atoms with van der Waals surface area (Å²) in [4.78, 5) is 8.70. The first-order valence-corrected chi connectivity index (χ1v) is 9.54. The quantitative estimate of drug-likeness (QED) is 0.393. The maximum absolute atomic E-state index is 10.4. The van der Waals surface area contributed by atoms with Gasteiger partial charge < -0.3 is 10.2 Å². The highest BCUT2D eigenvalue weighted by atomic mass is 16.3. The molecule has 4 aromatic carbocycles. The van der Waals surface area contributed by atoms with Gasteiger partial charge in [-0.2, -0.15) is 0 Å². The summed E-state index contributed by atoms with van der Waals surface area (Å²) in [5.74, 6) is 0.149. The van der Waals surface area contributed by atoms with Crippen molar-refractivity contribution < 1.29 is 10.2 Å². The van der Waals surface area contributed by atoms with Crippen LogP contribution in [0.5, 0.6) is 11.5 Å². The van der Waals surface area contributed by atoms with E-state index >= 15 is 0 Å². The van der Waals surface area contributed by atoms with Gasteiger partial charge in [0.05, 0.1) is 0 Å². The Balaban J connectivity index is 1.54. The van der Waals surface area contributed by atoms with Gasteiger partial charge in [0.15, 0.2) is 0 Å². The van der Waals surface area contributed by atoms with Gasteiger partial charge >= 0.3 is 0 Å².